The van der Waals surface area contributed by atoms with E-state index < -0.39 is 0 Å². The number of piperazine rings is 1. The van der Waals surface area contributed by atoms with Crippen molar-refractivity contribution in [3.05, 3.63) is 42.7 Å². The topological polar surface area (TPSA) is 61.4 Å². The van der Waals surface area contributed by atoms with Crippen LogP contribution in [0.4, 0.5) is 17.3 Å². The highest BCUT2D eigenvalue weighted by Crippen LogP contribution is 2.19. The molecule has 0 saturated carbocycles. The molecule has 0 spiro atoms. The van der Waals surface area contributed by atoms with Gasteiger partial charge in [-0.3, -0.25) is 4.79 Å². The fourth-order valence-electron chi connectivity index (χ4n) is 2.95. The van der Waals surface area contributed by atoms with Crippen molar-refractivity contribution >= 4 is 23.2 Å². The molecular weight excluding hydrogens is 314 g/mol. The first-order chi connectivity index (χ1) is 12.1. The summed E-state index contributed by atoms with van der Waals surface area (Å²) in [6.45, 7) is 7.78. The van der Waals surface area contributed by atoms with E-state index >= 15 is 0 Å². The first-order valence-corrected chi connectivity index (χ1v) is 8.78. The van der Waals surface area contributed by atoms with Crippen LogP contribution in [0.5, 0.6) is 0 Å². The Morgan fingerprint density at radius 2 is 1.84 bits per heavy atom. The minimum atomic E-state index is 0.0132. The van der Waals surface area contributed by atoms with Crippen molar-refractivity contribution in [2.24, 2.45) is 5.92 Å². The van der Waals surface area contributed by atoms with E-state index in [0.717, 1.165) is 37.7 Å². The molecule has 0 bridgehead atoms. The Bertz CT molecular complexity index is 679. The smallest absolute Gasteiger partial charge is 0.225 e. The Morgan fingerprint density at radius 3 is 2.44 bits per heavy atom. The molecule has 1 aliphatic rings. The van der Waals surface area contributed by atoms with E-state index in [-0.39, 0.29) is 5.91 Å². The van der Waals surface area contributed by atoms with Crippen molar-refractivity contribution in [2.45, 2.75) is 20.3 Å². The van der Waals surface area contributed by atoms with Gasteiger partial charge in [-0.2, -0.15) is 0 Å². The molecule has 0 radical (unpaired) electrons. The van der Waals surface area contributed by atoms with Gasteiger partial charge in [0, 0.05) is 38.8 Å². The molecule has 3 heterocycles. The normalized spacial score (nSPS) is 14.7. The average Bonchev–Trinajstić information content (AvgIpc) is 2.62. The zero-order valence-electron chi connectivity index (χ0n) is 14.9. The molecule has 25 heavy (non-hydrogen) atoms. The molecule has 132 valence electrons. The largest absolute Gasteiger partial charge is 0.367 e. The summed E-state index contributed by atoms with van der Waals surface area (Å²) in [6, 6.07) is 9.90. The second kappa shape index (κ2) is 7.96. The number of pyridine rings is 2. The van der Waals surface area contributed by atoms with E-state index in [1.165, 1.54) is 0 Å². The maximum atomic E-state index is 11.8. The van der Waals surface area contributed by atoms with Crippen LogP contribution in [0.1, 0.15) is 20.3 Å². The van der Waals surface area contributed by atoms with E-state index in [9.17, 15) is 4.79 Å². The quantitative estimate of drug-likeness (QED) is 0.908. The number of carbonyl (C=O) groups is 1. The van der Waals surface area contributed by atoms with Crippen molar-refractivity contribution in [1.82, 2.24) is 9.97 Å². The van der Waals surface area contributed by atoms with Gasteiger partial charge in [-0.05, 0) is 30.2 Å². The second-order valence-electron chi connectivity index (χ2n) is 6.71. The van der Waals surface area contributed by atoms with Crippen LogP contribution >= 0.6 is 0 Å². The average molecular weight is 339 g/mol. The van der Waals surface area contributed by atoms with Crippen LogP contribution < -0.4 is 15.1 Å². The van der Waals surface area contributed by atoms with Gasteiger partial charge in [-0.15, -0.1) is 0 Å². The standard InChI is InChI=1S/C19H25N5O/c1-15(2)13-19(25)22-17-7-6-16(14-21-17)23-9-11-24(12-10-23)18-5-3-4-8-20-18/h3-8,14-15H,9-13H2,1-2H3,(H,21,22,25). The Hall–Kier alpha value is -2.63. The molecule has 0 aromatic carbocycles. The molecule has 2 aromatic rings. The lowest BCUT2D eigenvalue weighted by molar-refractivity contribution is -0.116. The molecule has 1 saturated heterocycles. The Balaban J connectivity index is 1.54. The number of nitrogens with one attached hydrogen (secondary N) is 1. The van der Waals surface area contributed by atoms with Crippen LogP contribution in [0, 0.1) is 5.92 Å². The Labute approximate surface area is 148 Å². The van der Waals surface area contributed by atoms with Crippen LogP contribution in [0.25, 0.3) is 0 Å². The summed E-state index contributed by atoms with van der Waals surface area (Å²) in [5, 5.41) is 2.85. The van der Waals surface area contributed by atoms with Gasteiger partial charge >= 0.3 is 0 Å². The van der Waals surface area contributed by atoms with E-state index in [1.807, 2.05) is 56.6 Å². The maximum Gasteiger partial charge on any atom is 0.225 e. The summed E-state index contributed by atoms with van der Waals surface area (Å²) >= 11 is 0. The van der Waals surface area contributed by atoms with Crippen molar-refractivity contribution in [3.8, 4) is 0 Å². The Morgan fingerprint density at radius 1 is 1.08 bits per heavy atom. The number of rotatable bonds is 5. The first-order valence-electron chi connectivity index (χ1n) is 8.78. The number of nitrogens with zero attached hydrogens (tertiary/aromatic N) is 4. The molecule has 1 N–H and O–H groups in total. The highest BCUT2D eigenvalue weighted by atomic mass is 16.1. The van der Waals surface area contributed by atoms with Crippen LogP contribution in [0.15, 0.2) is 42.7 Å². The fourth-order valence-corrected chi connectivity index (χ4v) is 2.95. The van der Waals surface area contributed by atoms with Gasteiger partial charge in [0.15, 0.2) is 0 Å². The zero-order valence-corrected chi connectivity index (χ0v) is 14.9. The summed E-state index contributed by atoms with van der Waals surface area (Å²) in [7, 11) is 0. The van der Waals surface area contributed by atoms with Gasteiger partial charge in [-0.25, -0.2) is 9.97 Å². The highest BCUT2D eigenvalue weighted by molar-refractivity contribution is 5.89. The van der Waals surface area contributed by atoms with E-state index in [0.29, 0.717) is 18.2 Å². The monoisotopic (exact) mass is 339 g/mol. The summed E-state index contributed by atoms with van der Waals surface area (Å²) in [4.78, 5) is 25.2. The Kier molecular flexibility index (Phi) is 5.48. The third-order valence-corrected chi connectivity index (χ3v) is 4.23. The lowest BCUT2D eigenvalue weighted by atomic mass is 10.1. The van der Waals surface area contributed by atoms with Gasteiger partial charge in [0.1, 0.15) is 11.6 Å². The lowest BCUT2D eigenvalue weighted by Crippen LogP contribution is -2.46. The van der Waals surface area contributed by atoms with Gasteiger partial charge < -0.3 is 15.1 Å². The lowest BCUT2D eigenvalue weighted by Gasteiger charge is -2.36. The van der Waals surface area contributed by atoms with Crippen molar-refractivity contribution in [1.29, 1.82) is 0 Å². The number of anilines is 3. The van der Waals surface area contributed by atoms with Gasteiger partial charge in [0.2, 0.25) is 5.91 Å². The summed E-state index contributed by atoms with van der Waals surface area (Å²) in [5.41, 5.74) is 1.09. The van der Waals surface area contributed by atoms with Crippen LogP contribution in [0.3, 0.4) is 0 Å². The number of hydrogen-bond donors (Lipinski definition) is 1. The van der Waals surface area contributed by atoms with Gasteiger partial charge in [0.05, 0.1) is 11.9 Å². The molecule has 1 amide bonds. The molecule has 1 fully saturated rings. The predicted octanol–water partition coefficient (Wildman–Crippen LogP) is 2.79. The number of hydrogen-bond acceptors (Lipinski definition) is 5. The summed E-state index contributed by atoms with van der Waals surface area (Å²) in [5.74, 6) is 2.00. The summed E-state index contributed by atoms with van der Waals surface area (Å²) < 4.78 is 0. The second-order valence-corrected chi connectivity index (χ2v) is 6.71. The molecule has 3 rings (SSSR count). The molecule has 0 aliphatic carbocycles. The zero-order chi connectivity index (χ0) is 17.6. The molecule has 1 aliphatic heterocycles. The molecule has 6 heteroatoms. The van der Waals surface area contributed by atoms with E-state index in [2.05, 4.69) is 25.1 Å². The number of amides is 1. The minimum absolute atomic E-state index is 0.0132. The van der Waals surface area contributed by atoms with E-state index in [4.69, 9.17) is 0 Å². The van der Waals surface area contributed by atoms with Crippen LogP contribution in [0.2, 0.25) is 0 Å². The third-order valence-electron chi connectivity index (χ3n) is 4.23. The summed E-state index contributed by atoms with van der Waals surface area (Å²) in [6.07, 6.45) is 4.18. The molecule has 0 atom stereocenters. The minimum Gasteiger partial charge on any atom is -0.367 e. The van der Waals surface area contributed by atoms with Crippen molar-refractivity contribution in [3.63, 3.8) is 0 Å². The number of carbonyl (C=O) groups excluding carboxylic acids is 1. The maximum absolute atomic E-state index is 11.8. The molecular formula is C19H25N5O. The molecule has 0 unspecified atom stereocenters. The van der Waals surface area contributed by atoms with Crippen molar-refractivity contribution < 1.29 is 4.79 Å². The van der Waals surface area contributed by atoms with Crippen LogP contribution in [-0.4, -0.2) is 42.1 Å². The highest BCUT2D eigenvalue weighted by Gasteiger charge is 2.18. The van der Waals surface area contributed by atoms with Gasteiger partial charge in [0.25, 0.3) is 0 Å². The third kappa shape index (κ3) is 4.68. The first kappa shape index (κ1) is 17.2. The number of aromatic nitrogens is 2. The molecule has 6 nitrogen and oxygen atoms in total. The van der Waals surface area contributed by atoms with E-state index in [1.54, 1.807) is 0 Å². The molecule has 2 aromatic heterocycles. The van der Waals surface area contributed by atoms with Crippen molar-refractivity contribution in [2.75, 3.05) is 41.3 Å². The van der Waals surface area contributed by atoms with Crippen LogP contribution in [-0.2, 0) is 4.79 Å². The SMILES string of the molecule is CC(C)CC(=O)Nc1ccc(N2CCN(c3ccccn3)CC2)cn1. The van der Waals surface area contributed by atoms with Gasteiger partial charge in [-0.1, -0.05) is 19.9 Å². The fraction of sp³-hybridized carbons (Fsp3) is 0.421. The predicted molar refractivity (Wildman–Crippen MR) is 101 cm³/mol.